The highest BCUT2D eigenvalue weighted by Crippen LogP contribution is 2.26. The molecule has 1 saturated carbocycles. The van der Waals surface area contributed by atoms with Crippen molar-refractivity contribution >= 4 is 0 Å². The highest BCUT2D eigenvalue weighted by molar-refractivity contribution is 4.86. The lowest BCUT2D eigenvalue weighted by atomic mass is 10.1. The molecule has 0 amide bonds. The van der Waals surface area contributed by atoms with Crippen LogP contribution in [-0.2, 0) is 0 Å². The van der Waals surface area contributed by atoms with Gasteiger partial charge in [0.2, 0.25) is 0 Å². The monoisotopic (exact) mass is 210 g/mol. The summed E-state index contributed by atoms with van der Waals surface area (Å²) in [5, 5.41) is 3.59. The summed E-state index contributed by atoms with van der Waals surface area (Å²) >= 11 is 0. The maximum atomic E-state index is 3.75. The second-order valence-corrected chi connectivity index (χ2v) is 4.92. The summed E-state index contributed by atoms with van der Waals surface area (Å²) in [6.07, 6.45) is 7.10. The van der Waals surface area contributed by atoms with Crippen LogP contribution in [0.5, 0.6) is 0 Å². The van der Waals surface area contributed by atoms with Crippen LogP contribution in [0.3, 0.4) is 0 Å². The molecule has 0 aliphatic heterocycles. The van der Waals surface area contributed by atoms with Crippen molar-refractivity contribution in [3.63, 3.8) is 0 Å². The molecule has 0 aromatic carbocycles. The Bertz CT molecular complexity index is 187. The lowest BCUT2D eigenvalue weighted by molar-refractivity contribution is 0.236. The Morgan fingerprint density at radius 2 is 2.13 bits per heavy atom. The van der Waals surface area contributed by atoms with E-state index in [1.807, 2.05) is 6.08 Å². The molecule has 1 rings (SSSR count). The van der Waals surface area contributed by atoms with Crippen molar-refractivity contribution in [1.29, 1.82) is 0 Å². The van der Waals surface area contributed by atoms with Gasteiger partial charge in [-0.15, -0.1) is 6.58 Å². The van der Waals surface area contributed by atoms with Crippen LogP contribution in [-0.4, -0.2) is 36.6 Å². The number of hydrogen-bond acceptors (Lipinski definition) is 2. The summed E-state index contributed by atoms with van der Waals surface area (Å²) in [7, 11) is 2.25. The minimum absolute atomic E-state index is 0.609. The SMILES string of the molecule is C=CCCC(C)NCC(C)N(C)C1CC1. The molecular formula is C13H26N2. The van der Waals surface area contributed by atoms with Gasteiger partial charge in [0.25, 0.3) is 0 Å². The number of nitrogens with zero attached hydrogens (tertiary/aromatic N) is 1. The summed E-state index contributed by atoms with van der Waals surface area (Å²) in [4.78, 5) is 2.51. The third kappa shape index (κ3) is 4.80. The first-order valence-electron chi connectivity index (χ1n) is 6.21. The van der Waals surface area contributed by atoms with E-state index >= 15 is 0 Å². The van der Waals surface area contributed by atoms with Gasteiger partial charge in [0.1, 0.15) is 0 Å². The third-order valence-electron chi connectivity index (χ3n) is 3.38. The Morgan fingerprint density at radius 3 is 2.67 bits per heavy atom. The van der Waals surface area contributed by atoms with Crippen LogP contribution in [0.2, 0.25) is 0 Å². The van der Waals surface area contributed by atoms with Crippen LogP contribution in [0.25, 0.3) is 0 Å². The Labute approximate surface area is 94.7 Å². The molecule has 1 N–H and O–H groups in total. The Morgan fingerprint density at radius 1 is 1.47 bits per heavy atom. The van der Waals surface area contributed by atoms with Gasteiger partial charge < -0.3 is 5.32 Å². The maximum absolute atomic E-state index is 3.75. The Kier molecular flexibility index (Phi) is 5.34. The molecule has 1 fully saturated rings. The van der Waals surface area contributed by atoms with Gasteiger partial charge in [0, 0.05) is 24.7 Å². The predicted octanol–water partition coefficient (Wildman–Crippen LogP) is 2.41. The first-order chi connectivity index (χ1) is 7.15. The fourth-order valence-electron chi connectivity index (χ4n) is 1.83. The highest BCUT2D eigenvalue weighted by Gasteiger charge is 2.28. The van der Waals surface area contributed by atoms with Gasteiger partial charge in [-0.3, -0.25) is 4.90 Å². The molecule has 0 heterocycles. The second kappa shape index (κ2) is 6.29. The molecule has 1 aliphatic carbocycles. The minimum Gasteiger partial charge on any atom is -0.313 e. The number of nitrogens with one attached hydrogen (secondary N) is 1. The first-order valence-corrected chi connectivity index (χ1v) is 6.21. The van der Waals surface area contributed by atoms with Crippen molar-refractivity contribution in [1.82, 2.24) is 10.2 Å². The molecule has 1 aliphatic rings. The topological polar surface area (TPSA) is 15.3 Å². The van der Waals surface area contributed by atoms with Gasteiger partial charge in [-0.05, 0) is 46.6 Å². The van der Waals surface area contributed by atoms with E-state index in [9.17, 15) is 0 Å². The Hall–Kier alpha value is -0.340. The molecule has 2 unspecified atom stereocenters. The van der Waals surface area contributed by atoms with Crippen molar-refractivity contribution in [3.05, 3.63) is 12.7 Å². The molecule has 0 aromatic rings. The molecule has 0 radical (unpaired) electrons. The van der Waals surface area contributed by atoms with Crippen molar-refractivity contribution in [2.75, 3.05) is 13.6 Å². The largest absolute Gasteiger partial charge is 0.313 e. The average molecular weight is 210 g/mol. The van der Waals surface area contributed by atoms with Crippen molar-refractivity contribution in [3.8, 4) is 0 Å². The van der Waals surface area contributed by atoms with Gasteiger partial charge in [-0.2, -0.15) is 0 Å². The average Bonchev–Trinajstić information content (AvgIpc) is 3.05. The van der Waals surface area contributed by atoms with E-state index in [1.54, 1.807) is 0 Å². The van der Waals surface area contributed by atoms with E-state index in [0.29, 0.717) is 12.1 Å². The standard InChI is InChI=1S/C13H26N2/c1-5-6-7-11(2)14-10-12(3)15(4)13-8-9-13/h5,11-14H,1,6-10H2,2-4H3. The van der Waals surface area contributed by atoms with Crippen molar-refractivity contribution in [2.45, 2.75) is 57.7 Å². The number of rotatable bonds is 8. The number of likely N-dealkylation sites (N-methyl/N-ethyl adjacent to an activating group) is 1. The van der Waals surface area contributed by atoms with Crippen LogP contribution < -0.4 is 5.32 Å². The first kappa shape index (κ1) is 12.7. The lowest BCUT2D eigenvalue weighted by Crippen LogP contribution is -2.41. The summed E-state index contributed by atoms with van der Waals surface area (Å²) in [5.74, 6) is 0. The minimum atomic E-state index is 0.609. The van der Waals surface area contributed by atoms with Crippen molar-refractivity contribution in [2.24, 2.45) is 0 Å². The number of allylic oxidation sites excluding steroid dienone is 1. The molecule has 0 aromatic heterocycles. The van der Waals surface area contributed by atoms with E-state index in [1.165, 1.54) is 19.3 Å². The summed E-state index contributed by atoms with van der Waals surface area (Å²) in [5.41, 5.74) is 0. The quantitative estimate of drug-likeness (QED) is 0.619. The Balaban J connectivity index is 2.09. The van der Waals surface area contributed by atoms with Crippen LogP contribution in [0.4, 0.5) is 0 Å². The molecule has 2 heteroatoms. The lowest BCUT2D eigenvalue weighted by Gasteiger charge is -2.26. The molecule has 0 bridgehead atoms. The maximum Gasteiger partial charge on any atom is 0.0192 e. The molecule has 2 nitrogen and oxygen atoms in total. The van der Waals surface area contributed by atoms with E-state index in [-0.39, 0.29) is 0 Å². The summed E-state index contributed by atoms with van der Waals surface area (Å²) in [6.45, 7) is 9.42. The zero-order chi connectivity index (χ0) is 11.3. The van der Waals surface area contributed by atoms with Crippen LogP contribution in [0, 0.1) is 0 Å². The van der Waals surface area contributed by atoms with Crippen LogP contribution >= 0.6 is 0 Å². The van der Waals surface area contributed by atoms with E-state index in [0.717, 1.165) is 19.0 Å². The van der Waals surface area contributed by atoms with Gasteiger partial charge in [0.05, 0.1) is 0 Å². The zero-order valence-electron chi connectivity index (χ0n) is 10.5. The van der Waals surface area contributed by atoms with Crippen LogP contribution in [0.1, 0.15) is 39.5 Å². The van der Waals surface area contributed by atoms with Gasteiger partial charge in [-0.1, -0.05) is 6.08 Å². The van der Waals surface area contributed by atoms with E-state index < -0.39 is 0 Å². The normalized spacial score (nSPS) is 20.3. The summed E-state index contributed by atoms with van der Waals surface area (Å²) in [6, 6.07) is 2.13. The summed E-state index contributed by atoms with van der Waals surface area (Å²) < 4.78 is 0. The molecule has 0 saturated heterocycles. The molecule has 0 spiro atoms. The zero-order valence-corrected chi connectivity index (χ0v) is 10.5. The molecule has 88 valence electrons. The highest BCUT2D eigenvalue weighted by atomic mass is 15.2. The smallest absolute Gasteiger partial charge is 0.0192 e. The third-order valence-corrected chi connectivity index (χ3v) is 3.38. The fourth-order valence-corrected chi connectivity index (χ4v) is 1.83. The fraction of sp³-hybridized carbons (Fsp3) is 0.846. The predicted molar refractivity (Wildman–Crippen MR) is 67.1 cm³/mol. The van der Waals surface area contributed by atoms with Gasteiger partial charge >= 0.3 is 0 Å². The van der Waals surface area contributed by atoms with Gasteiger partial charge in [-0.25, -0.2) is 0 Å². The molecular weight excluding hydrogens is 184 g/mol. The van der Waals surface area contributed by atoms with E-state index in [2.05, 4.69) is 37.7 Å². The molecule has 2 atom stereocenters. The van der Waals surface area contributed by atoms with Gasteiger partial charge in [0.15, 0.2) is 0 Å². The van der Waals surface area contributed by atoms with E-state index in [4.69, 9.17) is 0 Å². The number of hydrogen-bond donors (Lipinski definition) is 1. The van der Waals surface area contributed by atoms with Crippen LogP contribution in [0.15, 0.2) is 12.7 Å². The second-order valence-electron chi connectivity index (χ2n) is 4.92. The molecule has 15 heavy (non-hydrogen) atoms. The van der Waals surface area contributed by atoms with Crippen molar-refractivity contribution < 1.29 is 0 Å².